The van der Waals surface area contributed by atoms with Crippen LogP contribution in [-0.2, 0) is 0 Å². The normalized spacial score (nSPS) is 27.1. The van der Waals surface area contributed by atoms with E-state index in [1.54, 1.807) is 0 Å². The Balaban J connectivity index is 2.19. The second-order valence-electron chi connectivity index (χ2n) is 5.40. The molecule has 18 heavy (non-hydrogen) atoms. The van der Waals surface area contributed by atoms with E-state index in [1.165, 1.54) is 24.9 Å². The van der Waals surface area contributed by atoms with Gasteiger partial charge in [0.1, 0.15) is 0 Å². The average molecular weight is 311 g/mol. The number of hydrogen-bond acceptors (Lipinski definition) is 2. The Morgan fingerprint density at radius 3 is 2.61 bits per heavy atom. The van der Waals surface area contributed by atoms with Gasteiger partial charge in [-0.3, -0.25) is 4.90 Å². The first-order valence-corrected chi connectivity index (χ1v) is 7.64. The second kappa shape index (κ2) is 6.18. The van der Waals surface area contributed by atoms with Crippen molar-refractivity contribution < 1.29 is 0 Å². The van der Waals surface area contributed by atoms with Crippen LogP contribution in [0.1, 0.15) is 38.3 Å². The van der Waals surface area contributed by atoms with Gasteiger partial charge in [-0.05, 0) is 49.9 Å². The Kier molecular flexibility index (Phi) is 4.82. The molecular weight excluding hydrogens is 288 g/mol. The van der Waals surface area contributed by atoms with Crippen LogP contribution in [0.15, 0.2) is 28.7 Å². The molecule has 0 saturated carbocycles. The van der Waals surface area contributed by atoms with Crippen molar-refractivity contribution in [2.45, 2.75) is 38.8 Å². The fourth-order valence-electron chi connectivity index (χ4n) is 2.96. The van der Waals surface area contributed by atoms with Crippen molar-refractivity contribution >= 4 is 15.9 Å². The summed E-state index contributed by atoms with van der Waals surface area (Å²) in [4.78, 5) is 2.58. The monoisotopic (exact) mass is 310 g/mol. The zero-order valence-corrected chi connectivity index (χ0v) is 12.9. The summed E-state index contributed by atoms with van der Waals surface area (Å²) in [6.07, 6.45) is 2.63. The Morgan fingerprint density at radius 2 is 2.00 bits per heavy atom. The topological polar surface area (TPSA) is 29.3 Å². The van der Waals surface area contributed by atoms with E-state index < -0.39 is 0 Å². The summed E-state index contributed by atoms with van der Waals surface area (Å²) in [5.41, 5.74) is 7.36. The third-order valence-corrected chi connectivity index (χ3v) is 4.83. The number of rotatable bonds is 3. The largest absolute Gasteiger partial charge is 0.329 e. The van der Waals surface area contributed by atoms with Crippen LogP contribution >= 0.6 is 15.9 Å². The quantitative estimate of drug-likeness (QED) is 0.924. The smallest absolute Gasteiger partial charge is 0.0473 e. The van der Waals surface area contributed by atoms with Gasteiger partial charge in [0.15, 0.2) is 0 Å². The third kappa shape index (κ3) is 2.95. The van der Waals surface area contributed by atoms with Gasteiger partial charge in [-0.2, -0.15) is 0 Å². The number of nitrogens with zero attached hydrogens (tertiary/aromatic N) is 1. The highest BCUT2D eigenvalue weighted by molar-refractivity contribution is 9.10. The lowest BCUT2D eigenvalue weighted by Gasteiger charge is -2.42. The minimum atomic E-state index is 0.357. The van der Waals surface area contributed by atoms with Gasteiger partial charge in [-0.25, -0.2) is 0 Å². The SMILES string of the molecule is CC1CCCN(C(CN)c2ccc(Br)cc2)C1C. The molecule has 1 aliphatic rings. The fourth-order valence-corrected chi connectivity index (χ4v) is 3.22. The van der Waals surface area contributed by atoms with Gasteiger partial charge in [0, 0.05) is 23.1 Å². The summed E-state index contributed by atoms with van der Waals surface area (Å²) in [7, 11) is 0. The van der Waals surface area contributed by atoms with E-state index >= 15 is 0 Å². The van der Waals surface area contributed by atoms with E-state index in [4.69, 9.17) is 5.73 Å². The molecule has 0 bridgehead atoms. The van der Waals surface area contributed by atoms with Crippen molar-refractivity contribution in [1.29, 1.82) is 0 Å². The number of nitrogens with two attached hydrogens (primary N) is 1. The lowest BCUT2D eigenvalue weighted by molar-refractivity contribution is 0.0710. The van der Waals surface area contributed by atoms with Gasteiger partial charge in [-0.15, -0.1) is 0 Å². The van der Waals surface area contributed by atoms with Crippen LogP contribution in [0.5, 0.6) is 0 Å². The van der Waals surface area contributed by atoms with Crippen LogP contribution in [0.2, 0.25) is 0 Å². The molecule has 1 aromatic rings. The van der Waals surface area contributed by atoms with Gasteiger partial charge < -0.3 is 5.73 Å². The van der Waals surface area contributed by atoms with Crippen LogP contribution in [0.4, 0.5) is 0 Å². The summed E-state index contributed by atoms with van der Waals surface area (Å²) in [6.45, 7) is 6.56. The predicted octanol–water partition coefficient (Wildman–Crippen LogP) is 3.57. The number of benzene rings is 1. The van der Waals surface area contributed by atoms with E-state index in [-0.39, 0.29) is 0 Å². The standard InChI is InChI=1S/C15H23BrN2/c1-11-4-3-9-18(12(11)2)15(10-17)13-5-7-14(16)8-6-13/h5-8,11-12,15H,3-4,9-10,17H2,1-2H3. The minimum absolute atomic E-state index is 0.357. The molecular formula is C15H23BrN2. The molecule has 2 rings (SSSR count). The highest BCUT2D eigenvalue weighted by atomic mass is 79.9. The Hall–Kier alpha value is -0.380. The molecule has 3 unspecified atom stereocenters. The summed E-state index contributed by atoms with van der Waals surface area (Å²) >= 11 is 3.49. The van der Waals surface area contributed by atoms with Crippen LogP contribution in [0.25, 0.3) is 0 Å². The Labute approximate surface area is 119 Å². The molecule has 1 fully saturated rings. The second-order valence-corrected chi connectivity index (χ2v) is 6.32. The maximum Gasteiger partial charge on any atom is 0.0473 e. The van der Waals surface area contributed by atoms with Gasteiger partial charge in [0.05, 0.1) is 0 Å². The van der Waals surface area contributed by atoms with Crippen LogP contribution < -0.4 is 5.73 Å². The molecule has 1 aliphatic heterocycles. The summed E-state index contributed by atoms with van der Waals surface area (Å²) < 4.78 is 1.13. The van der Waals surface area contributed by atoms with Crippen LogP contribution in [0.3, 0.4) is 0 Å². The van der Waals surface area contributed by atoms with Crippen molar-refractivity contribution in [3.8, 4) is 0 Å². The molecule has 1 saturated heterocycles. The molecule has 3 atom stereocenters. The first kappa shape index (κ1) is 14.0. The first-order valence-electron chi connectivity index (χ1n) is 6.84. The highest BCUT2D eigenvalue weighted by Gasteiger charge is 2.30. The van der Waals surface area contributed by atoms with E-state index in [0.29, 0.717) is 18.6 Å². The molecule has 0 radical (unpaired) electrons. The van der Waals surface area contributed by atoms with Crippen molar-refractivity contribution in [1.82, 2.24) is 4.90 Å². The molecule has 0 amide bonds. The van der Waals surface area contributed by atoms with Crippen molar-refractivity contribution in [2.75, 3.05) is 13.1 Å². The van der Waals surface area contributed by atoms with Gasteiger partial charge in [0.2, 0.25) is 0 Å². The number of halogens is 1. The zero-order chi connectivity index (χ0) is 13.1. The molecule has 2 N–H and O–H groups in total. The summed E-state index contributed by atoms with van der Waals surface area (Å²) in [5, 5.41) is 0. The fraction of sp³-hybridized carbons (Fsp3) is 0.600. The minimum Gasteiger partial charge on any atom is -0.329 e. The molecule has 0 aliphatic carbocycles. The predicted molar refractivity (Wildman–Crippen MR) is 80.5 cm³/mol. The molecule has 0 spiro atoms. The number of likely N-dealkylation sites (tertiary alicyclic amines) is 1. The zero-order valence-electron chi connectivity index (χ0n) is 11.3. The Morgan fingerprint density at radius 1 is 1.33 bits per heavy atom. The van der Waals surface area contributed by atoms with Gasteiger partial charge in [-0.1, -0.05) is 35.0 Å². The number of piperidine rings is 1. The molecule has 100 valence electrons. The van der Waals surface area contributed by atoms with E-state index in [0.717, 1.165) is 10.4 Å². The van der Waals surface area contributed by atoms with E-state index in [2.05, 4.69) is 58.9 Å². The van der Waals surface area contributed by atoms with Gasteiger partial charge in [0.25, 0.3) is 0 Å². The van der Waals surface area contributed by atoms with E-state index in [1.807, 2.05) is 0 Å². The summed E-state index contributed by atoms with van der Waals surface area (Å²) in [6, 6.07) is 9.57. The molecule has 0 aromatic heterocycles. The summed E-state index contributed by atoms with van der Waals surface area (Å²) in [5.74, 6) is 0.767. The lowest BCUT2D eigenvalue weighted by Crippen LogP contribution is -2.46. The number of hydrogen-bond donors (Lipinski definition) is 1. The highest BCUT2D eigenvalue weighted by Crippen LogP contribution is 2.31. The first-order chi connectivity index (χ1) is 8.63. The molecule has 1 heterocycles. The lowest BCUT2D eigenvalue weighted by atomic mass is 9.89. The van der Waals surface area contributed by atoms with Crippen molar-refractivity contribution in [3.63, 3.8) is 0 Å². The molecule has 3 heteroatoms. The maximum atomic E-state index is 6.03. The van der Waals surface area contributed by atoms with Crippen molar-refractivity contribution in [3.05, 3.63) is 34.3 Å². The van der Waals surface area contributed by atoms with E-state index in [9.17, 15) is 0 Å². The third-order valence-electron chi connectivity index (χ3n) is 4.30. The maximum absolute atomic E-state index is 6.03. The van der Waals surface area contributed by atoms with Crippen LogP contribution in [0, 0.1) is 5.92 Å². The van der Waals surface area contributed by atoms with Gasteiger partial charge >= 0.3 is 0 Å². The molecule has 1 aromatic carbocycles. The van der Waals surface area contributed by atoms with Crippen molar-refractivity contribution in [2.24, 2.45) is 11.7 Å². The average Bonchev–Trinajstić information content (AvgIpc) is 2.37. The Bertz CT molecular complexity index is 377. The molecule has 2 nitrogen and oxygen atoms in total. The van der Waals surface area contributed by atoms with Crippen LogP contribution in [-0.4, -0.2) is 24.0 Å².